The minimum Gasteiger partial charge on any atom is -0.385 e. The lowest BCUT2D eigenvalue weighted by atomic mass is 10.0. The molecule has 0 saturated carbocycles. The molecule has 1 rings (SSSR count). The second-order valence-corrected chi connectivity index (χ2v) is 6.58. The first-order valence-electron chi connectivity index (χ1n) is 5.63. The number of alkyl halides is 1. The Labute approximate surface area is 103 Å². The Morgan fingerprint density at radius 1 is 1.50 bits per heavy atom. The van der Waals surface area contributed by atoms with Gasteiger partial charge in [-0.15, -0.1) is 11.6 Å². The van der Waals surface area contributed by atoms with Crippen LogP contribution >= 0.6 is 11.6 Å². The van der Waals surface area contributed by atoms with Gasteiger partial charge in [0.1, 0.15) is 0 Å². The van der Waals surface area contributed by atoms with Crippen LogP contribution in [0, 0.1) is 5.92 Å². The summed E-state index contributed by atoms with van der Waals surface area (Å²) in [7, 11) is -1.52. The predicted molar refractivity (Wildman–Crippen MR) is 65.3 cm³/mol. The van der Waals surface area contributed by atoms with Crippen LogP contribution in [0.1, 0.15) is 19.3 Å². The van der Waals surface area contributed by atoms with E-state index < -0.39 is 10.0 Å². The zero-order valence-corrected chi connectivity index (χ0v) is 11.3. The third kappa shape index (κ3) is 4.20. The summed E-state index contributed by atoms with van der Waals surface area (Å²) in [6, 6.07) is 0. The normalized spacial score (nSPS) is 23.5. The van der Waals surface area contributed by atoms with Crippen LogP contribution in [-0.4, -0.2) is 51.2 Å². The monoisotopic (exact) mass is 269 g/mol. The highest BCUT2D eigenvalue weighted by atomic mass is 35.5. The van der Waals surface area contributed by atoms with E-state index in [9.17, 15) is 8.42 Å². The van der Waals surface area contributed by atoms with Crippen LogP contribution in [0.5, 0.6) is 0 Å². The average Bonchev–Trinajstić information content (AvgIpc) is 2.29. The van der Waals surface area contributed by atoms with E-state index in [1.807, 2.05) is 0 Å². The highest BCUT2D eigenvalue weighted by Crippen LogP contribution is 2.20. The number of rotatable bonds is 6. The summed E-state index contributed by atoms with van der Waals surface area (Å²) in [6.45, 7) is 1.72. The summed E-state index contributed by atoms with van der Waals surface area (Å²) in [5.41, 5.74) is 0. The molecule has 1 heterocycles. The maximum absolute atomic E-state index is 11.9. The molecule has 0 aromatic carbocycles. The molecule has 0 aromatic heterocycles. The topological polar surface area (TPSA) is 46.6 Å². The SMILES string of the molecule is COCCCS(=O)(=O)N1CCCC(CCl)C1. The first-order chi connectivity index (χ1) is 7.60. The van der Waals surface area contributed by atoms with E-state index in [1.54, 1.807) is 11.4 Å². The lowest BCUT2D eigenvalue weighted by Gasteiger charge is -2.30. The van der Waals surface area contributed by atoms with E-state index in [0.29, 0.717) is 37.9 Å². The van der Waals surface area contributed by atoms with Crippen LogP contribution < -0.4 is 0 Å². The molecular weight excluding hydrogens is 250 g/mol. The standard InChI is InChI=1S/C10H20ClNO3S/c1-15-6-3-7-16(13,14)12-5-2-4-10(8-11)9-12/h10H,2-9H2,1H3. The van der Waals surface area contributed by atoms with Crippen LogP contribution in [-0.2, 0) is 14.8 Å². The minimum absolute atomic E-state index is 0.176. The fourth-order valence-corrected chi connectivity index (χ4v) is 3.76. The van der Waals surface area contributed by atoms with Crippen LogP contribution in [0.2, 0.25) is 0 Å². The van der Waals surface area contributed by atoms with Gasteiger partial charge in [0.2, 0.25) is 10.0 Å². The van der Waals surface area contributed by atoms with Gasteiger partial charge in [0.15, 0.2) is 0 Å². The Bertz CT molecular complexity index is 294. The molecular formula is C10H20ClNO3S. The van der Waals surface area contributed by atoms with Crippen molar-refractivity contribution in [3.63, 3.8) is 0 Å². The van der Waals surface area contributed by atoms with E-state index in [-0.39, 0.29) is 5.75 Å². The van der Waals surface area contributed by atoms with Gasteiger partial charge in [0.05, 0.1) is 5.75 Å². The second-order valence-electron chi connectivity index (χ2n) is 4.18. The first-order valence-corrected chi connectivity index (χ1v) is 7.77. The van der Waals surface area contributed by atoms with Crippen molar-refractivity contribution in [1.82, 2.24) is 4.31 Å². The maximum atomic E-state index is 11.9. The molecule has 1 saturated heterocycles. The van der Waals surface area contributed by atoms with Crippen molar-refractivity contribution in [1.29, 1.82) is 0 Å². The van der Waals surface area contributed by atoms with E-state index in [4.69, 9.17) is 16.3 Å². The highest BCUT2D eigenvalue weighted by Gasteiger charge is 2.27. The van der Waals surface area contributed by atoms with Gasteiger partial charge in [-0.2, -0.15) is 0 Å². The fourth-order valence-electron chi connectivity index (χ4n) is 1.92. The number of methoxy groups -OCH3 is 1. The zero-order valence-electron chi connectivity index (χ0n) is 9.69. The molecule has 4 nitrogen and oxygen atoms in total. The second kappa shape index (κ2) is 6.79. The third-order valence-electron chi connectivity index (χ3n) is 2.84. The molecule has 1 fully saturated rings. The Morgan fingerprint density at radius 3 is 2.88 bits per heavy atom. The van der Waals surface area contributed by atoms with Crippen molar-refractivity contribution in [3.05, 3.63) is 0 Å². The summed E-state index contributed by atoms with van der Waals surface area (Å²) in [5, 5.41) is 0. The smallest absolute Gasteiger partial charge is 0.214 e. The number of piperidine rings is 1. The number of hydrogen-bond donors (Lipinski definition) is 0. The summed E-state index contributed by atoms with van der Waals surface area (Å²) < 4.78 is 30.3. The minimum atomic E-state index is -3.10. The van der Waals surface area contributed by atoms with Gasteiger partial charge in [-0.05, 0) is 25.2 Å². The molecule has 1 aliphatic rings. The largest absolute Gasteiger partial charge is 0.385 e. The molecule has 16 heavy (non-hydrogen) atoms. The van der Waals surface area contributed by atoms with Crippen LogP contribution in [0.25, 0.3) is 0 Å². The van der Waals surface area contributed by atoms with Crippen LogP contribution in [0.4, 0.5) is 0 Å². The molecule has 0 amide bonds. The molecule has 1 unspecified atom stereocenters. The van der Waals surface area contributed by atoms with Crippen LogP contribution in [0.15, 0.2) is 0 Å². The number of halogens is 1. The number of hydrogen-bond acceptors (Lipinski definition) is 3. The van der Waals surface area contributed by atoms with E-state index in [1.165, 1.54) is 0 Å². The molecule has 0 N–H and O–H groups in total. The number of nitrogens with zero attached hydrogens (tertiary/aromatic N) is 1. The number of ether oxygens (including phenoxy) is 1. The Morgan fingerprint density at radius 2 is 2.25 bits per heavy atom. The molecule has 0 bridgehead atoms. The molecule has 1 atom stereocenters. The summed E-state index contributed by atoms with van der Waals surface area (Å²) >= 11 is 5.78. The molecule has 0 aromatic rings. The third-order valence-corrected chi connectivity index (χ3v) is 5.20. The number of sulfonamides is 1. The van der Waals surface area contributed by atoms with Gasteiger partial charge in [-0.3, -0.25) is 0 Å². The molecule has 0 spiro atoms. The van der Waals surface area contributed by atoms with Gasteiger partial charge < -0.3 is 4.74 Å². The van der Waals surface area contributed by atoms with Gasteiger partial charge >= 0.3 is 0 Å². The van der Waals surface area contributed by atoms with Crippen LogP contribution in [0.3, 0.4) is 0 Å². The van der Waals surface area contributed by atoms with Crippen molar-refractivity contribution in [2.24, 2.45) is 5.92 Å². The summed E-state index contributed by atoms with van der Waals surface area (Å²) in [6.07, 6.45) is 2.51. The van der Waals surface area contributed by atoms with Crippen molar-refractivity contribution in [2.45, 2.75) is 19.3 Å². The molecule has 6 heteroatoms. The average molecular weight is 270 g/mol. The predicted octanol–water partition coefficient (Wildman–Crippen LogP) is 1.30. The van der Waals surface area contributed by atoms with Crippen molar-refractivity contribution < 1.29 is 13.2 Å². The molecule has 96 valence electrons. The Hall–Kier alpha value is 0.160. The molecule has 0 aliphatic carbocycles. The lowest BCUT2D eigenvalue weighted by molar-refractivity contribution is 0.198. The molecule has 0 radical (unpaired) electrons. The Kier molecular flexibility index (Phi) is 6.03. The first kappa shape index (κ1) is 14.2. The maximum Gasteiger partial charge on any atom is 0.214 e. The van der Waals surface area contributed by atoms with Gasteiger partial charge in [-0.25, -0.2) is 12.7 Å². The lowest BCUT2D eigenvalue weighted by Crippen LogP contribution is -2.41. The highest BCUT2D eigenvalue weighted by molar-refractivity contribution is 7.89. The summed E-state index contributed by atoms with van der Waals surface area (Å²) in [4.78, 5) is 0. The van der Waals surface area contributed by atoms with E-state index in [0.717, 1.165) is 12.8 Å². The zero-order chi connectivity index (χ0) is 12.0. The van der Waals surface area contributed by atoms with Gasteiger partial charge in [0.25, 0.3) is 0 Å². The van der Waals surface area contributed by atoms with Crippen molar-refractivity contribution >= 4 is 21.6 Å². The van der Waals surface area contributed by atoms with Gasteiger partial charge in [-0.1, -0.05) is 0 Å². The fraction of sp³-hybridized carbons (Fsp3) is 1.00. The molecule has 1 aliphatic heterocycles. The van der Waals surface area contributed by atoms with Crippen molar-refractivity contribution in [3.8, 4) is 0 Å². The Balaban J connectivity index is 2.47. The van der Waals surface area contributed by atoms with Gasteiger partial charge in [0, 0.05) is 32.7 Å². The quantitative estimate of drug-likeness (QED) is 0.539. The summed E-state index contributed by atoms with van der Waals surface area (Å²) in [5.74, 6) is 1.03. The van der Waals surface area contributed by atoms with E-state index >= 15 is 0 Å². The van der Waals surface area contributed by atoms with Crippen molar-refractivity contribution in [2.75, 3.05) is 38.4 Å². The van der Waals surface area contributed by atoms with E-state index in [2.05, 4.69) is 0 Å².